The summed E-state index contributed by atoms with van der Waals surface area (Å²) < 4.78 is 25.5. The van der Waals surface area contributed by atoms with E-state index in [1.165, 1.54) is 0 Å². The Hall–Kier alpha value is -3.77. The molecule has 0 unspecified atom stereocenters. The van der Waals surface area contributed by atoms with E-state index in [-0.39, 0.29) is 12.2 Å². The summed E-state index contributed by atoms with van der Waals surface area (Å²) >= 11 is 0. The molecule has 5 heteroatoms. The fourth-order valence-electron chi connectivity index (χ4n) is 4.28. The first-order chi connectivity index (χ1) is 18.3. The van der Waals surface area contributed by atoms with Gasteiger partial charge in [0, 0.05) is 12.3 Å². The van der Waals surface area contributed by atoms with Crippen LogP contribution in [-0.4, -0.2) is 29.9 Å². The molecule has 1 saturated heterocycles. The fraction of sp³-hybridized carbons (Fsp3) is 0.219. The van der Waals surface area contributed by atoms with Gasteiger partial charge in [-0.15, -0.1) is 0 Å². The van der Waals surface area contributed by atoms with Crippen LogP contribution in [0, 0.1) is 0 Å². The Morgan fingerprint density at radius 3 is 1.81 bits per heavy atom. The molecule has 1 aliphatic rings. The van der Waals surface area contributed by atoms with E-state index in [2.05, 4.69) is 41.4 Å². The van der Waals surface area contributed by atoms with Crippen molar-refractivity contribution in [3.8, 4) is 0 Å². The van der Waals surface area contributed by atoms with E-state index in [0.717, 1.165) is 22.4 Å². The highest BCUT2D eigenvalue weighted by molar-refractivity contribution is 5.49. The molecule has 3 atom stereocenters. The number of hydrogen-bond donors (Lipinski definition) is 0. The summed E-state index contributed by atoms with van der Waals surface area (Å²) in [7, 11) is 0. The van der Waals surface area contributed by atoms with E-state index >= 15 is 0 Å². The van der Waals surface area contributed by atoms with Crippen LogP contribution < -0.4 is 0 Å². The summed E-state index contributed by atoms with van der Waals surface area (Å²) in [5.41, 5.74) is 4.10. The molecular formula is C32H31NO4. The van der Waals surface area contributed by atoms with Crippen molar-refractivity contribution in [1.82, 2.24) is 4.98 Å². The lowest BCUT2D eigenvalue weighted by atomic mass is 10.1. The molecule has 1 aromatic heterocycles. The number of hydrogen-bond acceptors (Lipinski definition) is 5. The van der Waals surface area contributed by atoms with Gasteiger partial charge in [0.15, 0.2) is 6.10 Å². The van der Waals surface area contributed by atoms with Crippen LogP contribution in [0.15, 0.2) is 121 Å². The lowest BCUT2D eigenvalue weighted by Crippen LogP contribution is -2.37. The molecule has 5 rings (SSSR count). The number of nitrogens with zero attached hydrogens (tertiary/aromatic N) is 1. The van der Waals surface area contributed by atoms with Crippen molar-refractivity contribution in [1.29, 1.82) is 0 Å². The zero-order valence-corrected chi connectivity index (χ0v) is 20.7. The van der Waals surface area contributed by atoms with Gasteiger partial charge in [-0.25, -0.2) is 0 Å². The molecule has 188 valence electrons. The molecule has 4 aromatic rings. The highest BCUT2D eigenvalue weighted by Crippen LogP contribution is 2.33. The highest BCUT2D eigenvalue weighted by Gasteiger charge is 2.44. The van der Waals surface area contributed by atoms with Crippen LogP contribution in [0.5, 0.6) is 0 Å². The summed E-state index contributed by atoms with van der Waals surface area (Å²) in [6.07, 6.45) is 2.62. The van der Waals surface area contributed by atoms with Gasteiger partial charge in [-0.05, 0) is 28.8 Å². The Kier molecular flexibility index (Phi) is 8.73. The Bertz CT molecular complexity index is 1230. The van der Waals surface area contributed by atoms with Crippen molar-refractivity contribution in [2.75, 3.05) is 6.61 Å². The summed E-state index contributed by atoms with van der Waals surface area (Å²) in [5.74, 6) is 0.695. The van der Waals surface area contributed by atoms with E-state index in [4.69, 9.17) is 18.9 Å². The molecule has 0 amide bonds. The molecule has 3 aromatic carbocycles. The molecule has 0 N–H and O–H groups in total. The Labute approximate surface area is 218 Å². The van der Waals surface area contributed by atoms with Crippen LogP contribution >= 0.6 is 0 Å². The van der Waals surface area contributed by atoms with Crippen LogP contribution in [0.1, 0.15) is 22.4 Å². The first-order valence-corrected chi connectivity index (χ1v) is 12.6. The maximum atomic E-state index is 6.48. The largest absolute Gasteiger partial charge is 0.487 e. The van der Waals surface area contributed by atoms with E-state index in [0.29, 0.717) is 32.2 Å². The minimum atomic E-state index is -0.406. The third-order valence-electron chi connectivity index (χ3n) is 6.16. The second-order valence-electron chi connectivity index (χ2n) is 8.94. The standard InChI is InChI=1S/C32H31NO4/c1-4-12-25(13-5-1)21-34-24-30-32(36-23-27-16-8-3-9-17-27)31(35-22-26-14-6-2-7-15-26)29(37-30)20-28-18-10-11-19-33-28/h1-20,30-32H,21-24H2/b29-20-/t30-,31+,32-/m1/s1. The van der Waals surface area contributed by atoms with Gasteiger partial charge in [-0.1, -0.05) is 97.1 Å². The fourth-order valence-corrected chi connectivity index (χ4v) is 4.28. The molecule has 0 spiro atoms. The van der Waals surface area contributed by atoms with Gasteiger partial charge in [0.1, 0.15) is 18.0 Å². The first kappa shape index (κ1) is 24.9. The van der Waals surface area contributed by atoms with Crippen molar-refractivity contribution in [3.63, 3.8) is 0 Å². The van der Waals surface area contributed by atoms with Gasteiger partial charge in [0.05, 0.1) is 32.1 Å². The van der Waals surface area contributed by atoms with Crippen molar-refractivity contribution in [2.24, 2.45) is 0 Å². The van der Waals surface area contributed by atoms with Gasteiger partial charge in [0.25, 0.3) is 0 Å². The highest BCUT2D eigenvalue weighted by atomic mass is 16.6. The molecule has 2 heterocycles. The molecule has 0 radical (unpaired) electrons. The zero-order chi connectivity index (χ0) is 25.1. The molecule has 1 fully saturated rings. The average molecular weight is 494 g/mol. The van der Waals surface area contributed by atoms with Crippen molar-refractivity contribution >= 4 is 6.08 Å². The molecule has 0 bridgehead atoms. The van der Waals surface area contributed by atoms with Crippen molar-refractivity contribution in [3.05, 3.63) is 144 Å². The Morgan fingerprint density at radius 1 is 0.649 bits per heavy atom. The van der Waals surface area contributed by atoms with Gasteiger partial charge in [0.2, 0.25) is 0 Å². The molecular weight excluding hydrogens is 462 g/mol. The number of aromatic nitrogens is 1. The summed E-state index contributed by atoms with van der Waals surface area (Å²) in [4.78, 5) is 4.46. The van der Waals surface area contributed by atoms with Gasteiger partial charge >= 0.3 is 0 Å². The van der Waals surface area contributed by atoms with Crippen molar-refractivity contribution in [2.45, 2.75) is 38.1 Å². The van der Waals surface area contributed by atoms with Crippen LogP contribution in [0.25, 0.3) is 6.08 Å². The van der Waals surface area contributed by atoms with Crippen molar-refractivity contribution < 1.29 is 18.9 Å². The predicted molar refractivity (Wildman–Crippen MR) is 143 cm³/mol. The zero-order valence-electron chi connectivity index (χ0n) is 20.7. The minimum Gasteiger partial charge on any atom is -0.487 e. The first-order valence-electron chi connectivity index (χ1n) is 12.6. The van der Waals surface area contributed by atoms with E-state index < -0.39 is 6.10 Å². The second-order valence-corrected chi connectivity index (χ2v) is 8.94. The van der Waals surface area contributed by atoms with Crippen LogP contribution in [-0.2, 0) is 38.8 Å². The van der Waals surface area contributed by atoms with Crippen LogP contribution in [0.2, 0.25) is 0 Å². The van der Waals surface area contributed by atoms with Gasteiger partial charge in [-0.2, -0.15) is 0 Å². The quantitative estimate of drug-likeness (QED) is 0.249. The van der Waals surface area contributed by atoms with Crippen LogP contribution in [0.4, 0.5) is 0 Å². The second kappa shape index (κ2) is 13.0. The maximum absolute atomic E-state index is 6.48. The number of rotatable bonds is 11. The van der Waals surface area contributed by atoms with E-state index in [1.54, 1.807) is 6.20 Å². The third kappa shape index (κ3) is 7.14. The number of benzene rings is 3. The predicted octanol–water partition coefficient (Wildman–Crippen LogP) is 6.21. The number of pyridine rings is 1. The van der Waals surface area contributed by atoms with Crippen LogP contribution in [0.3, 0.4) is 0 Å². The monoisotopic (exact) mass is 493 g/mol. The normalized spacial score (nSPS) is 20.1. The van der Waals surface area contributed by atoms with Gasteiger partial charge < -0.3 is 18.9 Å². The molecule has 0 aliphatic carbocycles. The minimum absolute atomic E-state index is 0.330. The van der Waals surface area contributed by atoms with E-state index in [1.807, 2.05) is 78.9 Å². The molecule has 37 heavy (non-hydrogen) atoms. The summed E-state index contributed by atoms with van der Waals surface area (Å²) in [6.45, 7) is 1.77. The SMILES string of the molecule is C(=C1/O[C@H](COCc2ccccc2)[C@@H](OCc2ccccc2)[C@H]1OCc1ccccc1)/c1ccccn1. The lowest BCUT2D eigenvalue weighted by molar-refractivity contribution is -0.0894. The van der Waals surface area contributed by atoms with E-state index in [9.17, 15) is 0 Å². The summed E-state index contributed by atoms with van der Waals surface area (Å²) in [5, 5.41) is 0. The third-order valence-corrected chi connectivity index (χ3v) is 6.16. The molecule has 0 saturated carbocycles. The molecule has 5 nitrogen and oxygen atoms in total. The van der Waals surface area contributed by atoms with Gasteiger partial charge in [-0.3, -0.25) is 4.98 Å². The molecule has 1 aliphatic heterocycles. The average Bonchev–Trinajstić information content (AvgIpc) is 3.28. The lowest BCUT2D eigenvalue weighted by Gasteiger charge is -2.23. The number of ether oxygens (including phenoxy) is 4. The Balaban J connectivity index is 1.37. The topological polar surface area (TPSA) is 49.8 Å². The maximum Gasteiger partial charge on any atom is 0.151 e. The smallest absolute Gasteiger partial charge is 0.151 e. The Morgan fingerprint density at radius 2 is 1.22 bits per heavy atom. The summed E-state index contributed by atoms with van der Waals surface area (Å²) in [6, 6.07) is 36.2.